The first-order valence-corrected chi connectivity index (χ1v) is 9.18. The Kier molecular flexibility index (Phi) is 3.92. The molecule has 0 radical (unpaired) electrons. The Balaban J connectivity index is 1.93. The van der Waals surface area contributed by atoms with Gasteiger partial charge in [0.25, 0.3) is 11.9 Å². The number of aromatic nitrogens is 2. The van der Waals surface area contributed by atoms with Gasteiger partial charge in [-0.25, -0.2) is 9.36 Å². The first kappa shape index (κ1) is 17.7. The van der Waals surface area contributed by atoms with Crippen molar-refractivity contribution in [3.63, 3.8) is 0 Å². The predicted octanol–water partition coefficient (Wildman–Crippen LogP) is 0.611. The SMILES string of the molecule is NC(=O)C1=c2oc(=O)/c(=C\c3ccccc3)n2-c2oc(N)nc2[C@H]1c1ccccc1. The number of benzene rings is 2. The fourth-order valence-corrected chi connectivity index (χ4v) is 3.76. The van der Waals surface area contributed by atoms with Gasteiger partial charge in [0.1, 0.15) is 11.0 Å². The van der Waals surface area contributed by atoms with Crippen LogP contribution in [0.5, 0.6) is 0 Å². The fraction of sp³-hybridized carbons (Fsp3) is 0.0455. The number of carbonyl (C=O) groups is 1. The zero-order valence-electron chi connectivity index (χ0n) is 15.6. The van der Waals surface area contributed by atoms with Crippen molar-refractivity contribution < 1.29 is 13.6 Å². The number of nitrogen functional groups attached to an aromatic ring is 1. The largest absolute Gasteiger partial charge is 0.406 e. The molecule has 3 heterocycles. The van der Waals surface area contributed by atoms with E-state index in [4.69, 9.17) is 20.3 Å². The van der Waals surface area contributed by atoms with Crippen LogP contribution in [0.4, 0.5) is 6.01 Å². The summed E-state index contributed by atoms with van der Waals surface area (Å²) >= 11 is 0. The third kappa shape index (κ3) is 2.66. The second-order valence-corrected chi connectivity index (χ2v) is 6.83. The van der Waals surface area contributed by atoms with Gasteiger partial charge in [-0.1, -0.05) is 60.7 Å². The number of hydrogen-bond donors (Lipinski definition) is 2. The van der Waals surface area contributed by atoms with Gasteiger partial charge in [-0.15, -0.1) is 0 Å². The molecule has 4 aromatic rings. The summed E-state index contributed by atoms with van der Waals surface area (Å²) in [6.45, 7) is 0. The quantitative estimate of drug-likeness (QED) is 0.518. The van der Waals surface area contributed by atoms with Gasteiger partial charge in [0.2, 0.25) is 11.4 Å². The molecule has 5 rings (SSSR count). The van der Waals surface area contributed by atoms with Gasteiger partial charge in [0, 0.05) is 0 Å². The molecule has 0 aliphatic carbocycles. The van der Waals surface area contributed by atoms with Crippen LogP contribution in [-0.4, -0.2) is 15.5 Å². The summed E-state index contributed by atoms with van der Waals surface area (Å²) < 4.78 is 12.6. The standard InChI is InChI=1S/C22H16N4O4/c23-18(27)16-15(13-9-5-2-6-10-13)17-20(30-22(24)25-17)26-14(21(28)29-19(16)26)11-12-7-3-1-4-8-12/h1-11,15H,(H2,23,27)(H2,24,25)/b14-11+/t15-/m0/s1. The van der Waals surface area contributed by atoms with Crippen molar-refractivity contribution in [1.29, 1.82) is 0 Å². The monoisotopic (exact) mass is 400 g/mol. The molecule has 0 bridgehead atoms. The van der Waals surface area contributed by atoms with E-state index in [2.05, 4.69) is 4.98 Å². The lowest BCUT2D eigenvalue weighted by molar-refractivity contribution is -0.113. The second-order valence-electron chi connectivity index (χ2n) is 6.83. The zero-order valence-corrected chi connectivity index (χ0v) is 15.6. The molecule has 0 saturated heterocycles. The van der Waals surface area contributed by atoms with Crippen LogP contribution in [-0.2, 0) is 4.79 Å². The highest BCUT2D eigenvalue weighted by molar-refractivity contribution is 6.15. The van der Waals surface area contributed by atoms with Crippen LogP contribution < -0.4 is 28.0 Å². The molecule has 0 spiro atoms. The molecular formula is C22H16N4O4. The molecule has 2 aromatic carbocycles. The molecule has 8 heteroatoms. The number of hydrogen-bond acceptors (Lipinski definition) is 6. The van der Waals surface area contributed by atoms with Crippen molar-refractivity contribution in [3.05, 3.63) is 98.8 Å². The minimum absolute atomic E-state index is 0.00665. The summed E-state index contributed by atoms with van der Waals surface area (Å²) in [7, 11) is 0. The molecule has 0 fully saturated rings. The van der Waals surface area contributed by atoms with E-state index < -0.39 is 17.5 Å². The van der Waals surface area contributed by atoms with Gasteiger partial charge in [0.15, 0.2) is 0 Å². The highest BCUT2D eigenvalue weighted by Crippen LogP contribution is 2.37. The van der Waals surface area contributed by atoms with Crippen LogP contribution in [0, 0.1) is 0 Å². The van der Waals surface area contributed by atoms with Crippen LogP contribution in [0.25, 0.3) is 17.5 Å². The van der Waals surface area contributed by atoms with E-state index in [1.165, 1.54) is 4.57 Å². The van der Waals surface area contributed by atoms with E-state index in [-0.39, 0.29) is 28.4 Å². The van der Waals surface area contributed by atoms with Crippen LogP contribution in [0.1, 0.15) is 22.7 Å². The van der Waals surface area contributed by atoms with Crippen molar-refractivity contribution in [2.75, 3.05) is 5.73 Å². The van der Waals surface area contributed by atoms with E-state index in [1.54, 1.807) is 6.08 Å². The topological polar surface area (TPSA) is 130 Å². The smallest absolute Gasteiger partial charge is 0.362 e. The van der Waals surface area contributed by atoms with Crippen LogP contribution >= 0.6 is 0 Å². The third-order valence-electron chi connectivity index (χ3n) is 4.99. The Morgan fingerprint density at radius 1 is 1.03 bits per heavy atom. The third-order valence-corrected chi connectivity index (χ3v) is 4.99. The van der Waals surface area contributed by atoms with Crippen LogP contribution in [0.15, 0.2) is 74.3 Å². The summed E-state index contributed by atoms with van der Waals surface area (Å²) in [5, 5.41) is 0.166. The van der Waals surface area contributed by atoms with E-state index in [1.807, 2.05) is 60.7 Å². The predicted molar refractivity (Wildman–Crippen MR) is 109 cm³/mol. The van der Waals surface area contributed by atoms with E-state index >= 15 is 0 Å². The van der Waals surface area contributed by atoms with Crippen molar-refractivity contribution in [3.8, 4) is 5.88 Å². The number of amides is 1. The first-order valence-electron chi connectivity index (χ1n) is 9.18. The Hall–Kier alpha value is -4.33. The lowest BCUT2D eigenvalue weighted by Crippen LogP contribution is -2.38. The Morgan fingerprint density at radius 3 is 2.37 bits per heavy atom. The van der Waals surface area contributed by atoms with Crippen molar-refractivity contribution in [2.24, 2.45) is 5.73 Å². The normalized spacial score (nSPS) is 15.7. The molecule has 1 atom stereocenters. The molecule has 4 N–H and O–H groups in total. The maximum atomic E-state index is 12.8. The number of rotatable bonds is 3. The molecule has 8 nitrogen and oxygen atoms in total. The molecule has 2 aromatic heterocycles. The lowest BCUT2D eigenvalue weighted by atomic mass is 9.86. The first-order chi connectivity index (χ1) is 14.5. The number of fused-ring (bicyclic) bond motifs is 3. The minimum atomic E-state index is -0.732. The molecule has 30 heavy (non-hydrogen) atoms. The second kappa shape index (κ2) is 6.63. The maximum Gasteiger partial charge on any atom is 0.362 e. The number of nitrogens with zero attached hydrogens (tertiary/aromatic N) is 2. The van der Waals surface area contributed by atoms with E-state index in [9.17, 15) is 9.59 Å². The lowest BCUT2D eigenvalue weighted by Gasteiger charge is -2.21. The van der Waals surface area contributed by atoms with Gasteiger partial charge >= 0.3 is 5.63 Å². The summed E-state index contributed by atoms with van der Waals surface area (Å²) in [5.74, 6) is -1.20. The molecule has 1 aliphatic heterocycles. The number of anilines is 1. The Morgan fingerprint density at radius 2 is 1.70 bits per heavy atom. The van der Waals surface area contributed by atoms with Crippen LogP contribution in [0.2, 0.25) is 0 Å². The van der Waals surface area contributed by atoms with Crippen molar-refractivity contribution in [1.82, 2.24) is 9.55 Å². The average Bonchev–Trinajstić information content (AvgIpc) is 3.27. The minimum Gasteiger partial charge on any atom is -0.406 e. The average molecular weight is 400 g/mol. The Bertz CT molecular complexity index is 1450. The molecule has 1 amide bonds. The summed E-state index contributed by atoms with van der Waals surface area (Å²) in [6, 6.07) is 18.3. The van der Waals surface area contributed by atoms with Gasteiger partial charge < -0.3 is 20.3 Å². The summed E-state index contributed by atoms with van der Waals surface area (Å²) in [5.41, 5.74) is 13.0. The van der Waals surface area contributed by atoms with E-state index in [0.717, 1.165) is 11.1 Å². The number of nitrogens with two attached hydrogens (primary N) is 2. The zero-order chi connectivity index (χ0) is 20.8. The fourth-order valence-electron chi connectivity index (χ4n) is 3.76. The number of oxazole rings is 2. The molecule has 148 valence electrons. The van der Waals surface area contributed by atoms with Gasteiger partial charge in [-0.3, -0.25) is 4.79 Å². The maximum absolute atomic E-state index is 12.8. The van der Waals surface area contributed by atoms with Crippen molar-refractivity contribution >= 4 is 23.6 Å². The summed E-state index contributed by atoms with van der Waals surface area (Å²) in [4.78, 5) is 29.6. The summed E-state index contributed by atoms with van der Waals surface area (Å²) in [6.07, 6.45) is 1.64. The molecule has 0 unspecified atom stereocenters. The number of primary amides is 1. The number of carbonyl (C=O) groups excluding carboxylic acids is 1. The van der Waals surface area contributed by atoms with E-state index in [0.29, 0.717) is 5.69 Å². The van der Waals surface area contributed by atoms with Gasteiger partial charge in [-0.2, -0.15) is 4.98 Å². The highest BCUT2D eigenvalue weighted by atomic mass is 16.4. The molecule has 0 saturated carbocycles. The van der Waals surface area contributed by atoms with Gasteiger partial charge in [-0.05, 0) is 17.2 Å². The van der Waals surface area contributed by atoms with Gasteiger partial charge in [0.05, 0.1) is 11.5 Å². The Labute approximate surface area is 169 Å². The van der Waals surface area contributed by atoms with Crippen molar-refractivity contribution in [2.45, 2.75) is 5.92 Å². The molecular weight excluding hydrogens is 384 g/mol. The molecule has 1 aliphatic rings. The van der Waals surface area contributed by atoms with Crippen LogP contribution in [0.3, 0.4) is 0 Å². The highest BCUT2D eigenvalue weighted by Gasteiger charge is 2.37.